The highest BCUT2D eigenvalue weighted by Gasteiger charge is 1.93. The first-order valence-corrected chi connectivity index (χ1v) is 9.02. The normalized spacial score (nSPS) is 10.2. The molecule has 1 heteroatoms. The highest BCUT2D eigenvalue weighted by atomic mass is 35.5. The summed E-state index contributed by atoms with van der Waals surface area (Å²) in [5.74, 6) is 0. The van der Waals surface area contributed by atoms with Crippen molar-refractivity contribution in [3.8, 4) is 0 Å². The molecule has 0 saturated carbocycles. The zero-order chi connectivity index (χ0) is 14.0. The van der Waals surface area contributed by atoms with E-state index in [9.17, 15) is 0 Å². The maximum Gasteiger partial charge on any atom is -0.0353 e. The molecule has 0 spiro atoms. The molecular weight excluding hydrogens is 264 g/mol. The molecular formula is C19H39Cl. The number of halogens is 1. The van der Waals surface area contributed by atoms with Crippen LogP contribution in [0.2, 0.25) is 0 Å². The van der Waals surface area contributed by atoms with Gasteiger partial charge in [-0.05, 0) is 12.8 Å². The Hall–Kier alpha value is 0.0300. The van der Waals surface area contributed by atoms with Crippen LogP contribution in [-0.4, -0.2) is 0 Å². The highest BCUT2D eigenvalue weighted by molar-refractivity contribution is 5.85. The Morgan fingerprint density at radius 3 is 1.15 bits per heavy atom. The molecule has 0 heterocycles. The second-order valence-electron chi connectivity index (χ2n) is 6.03. The van der Waals surface area contributed by atoms with Crippen LogP contribution in [0.15, 0.2) is 12.7 Å². The van der Waals surface area contributed by atoms with Crippen LogP contribution in [0.1, 0.15) is 110 Å². The van der Waals surface area contributed by atoms with Gasteiger partial charge in [0, 0.05) is 0 Å². The van der Waals surface area contributed by atoms with Crippen molar-refractivity contribution in [3.63, 3.8) is 0 Å². The minimum Gasteiger partial charge on any atom is -0.147 e. The summed E-state index contributed by atoms with van der Waals surface area (Å²) in [5.41, 5.74) is 0. The molecule has 0 atom stereocenters. The molecule has 0 aliphatic heterocycles. The summed E-state index contributed by atoms with van der Waals surface area (Å²) >= 11 is 0. The maximum atomic E-state index is 3.76. The van der Waals surface area contributed by atoms with Crippen LogP contribution < -0.4 is 0 Å². The molecule has 0 N–H and O–H groups in total. The molecule has 0 aliphatic carbocycles. The predicted molar refractivity (Wildman–Crippen MR) is 97.0 cm³/mol. The first kappa shape index (κ1) is 22.3. The lowest BCUT2D eigenvalue weighted by atomic mass is 10.0. The van der Waals surface area contributed by atoms with Crippen molar-refractivity contribution in [1.82, 2.24) is 0 Å². The molecule has 20 heavy (non-hydrogen) atoms. The van der Waals surface area contributed by atoms with Crippen LogP contribution in [0.4, 0.5) is 0 Å². The van der Waals surface area contributed by atoms with E-state index in [0.29, 0.717) is 0 Å². The third-order valence-electron chi connectivity index (χ3n) is 4.01. The summed E-state index contributed by atoms with van der Waals surface area (Å²) < 4.78 is 0. The molecule has 0 bridgehead atoms. The first-order chi connectivity index (χ1) is 9.41. The fourth-order valence-electron chi connectivity index (χ4n) is 2.66. The van der Waals surface area contributed by atoms with Crippen molar-refractivity contribution < 1.29 is 0 Å². The predicted octanol–water partition coefficient (Wildman–Crippen LogP) is 7.86. The fraction of sp³-hybridized carbons (Fsp3) is 0.895. The van der Waals surface area contributed by atoms with Gasteiger partial charge in [-0.2, -0.15) is 0 Å². The van der Waals surface area contributed by atoms with Crippen LogP contribution >= 0.6 is 12.4 Å². The highest BCUT2D eigenvalue weighted by Crippen LogP contribution is 2.13. The zero-order valence-electron chi connectivity index (χ0n) is 14.0. The van der Waals surface area contributed by atoms with Crippen molar-refractivity contribution >= 4 is 12.4 Å². The van der Waals surface area contributed by atoms with Gasteiger partial charge in [0.15, 0.2) is 0 Å². The van der Waals surface area contributed by atoms with Crippen LogP contribution in [0.25, 0.3) is 0 Å². The third kappa shape index (κ3) is 20.3. The average molecular weight is 303 g/mol. The average Bonchev–Trinajstić information content (AvgIpc) is 2.43. The van der Waals surface area contributed by atoms with Gasteiger partial charge in [0.1, 0.15) is 0 Å². The SMILES string of the molecule is C=CCCCCCCCCCCCCCCCCC.Cl. The summed E-state index contributed by atoms with van der Waals surface area (Å²) in [6.07, 6.45) is 24.9. The van der Waals surface area contributed by atoms with Gasteiger partial charge in [-0.3, -0.25) is 0 Å². The van der Waals surface area contributed by atoms with E-state index in [0.717, 1.165) is 0 Å². The van der Waals surface area contributed by atoms with E-state index in [2.05, 4.69) is 13.5 Å². The minimum absolute atomic E-state index is 0. The number of unbranched alkanes of at least 4 members (excludes halogenated alkanes) is 15. The van der Waals surface area contributed by atoms with Gasteiger partial charge in [0.05, 0.1) is 0 Å². The lowest BCUT2D eigenvalue weighted by Gasteiger charge is -2.03. The molecule has 0 amide bonds. The minimum atomic E-state index is 0. The van der Waals surface area contributed by atoms with Gasteiger partial charge < -0.3 is 0 Å². The van der Waals surface area contributed by atoms with E-state index in [1.54, 1.807) is 0 Å². The molecule has 122 valence electrons. The van der Waals surface area contributed by atoms with Crippen molar-refractivity contribution in [1.29, 1.82) is 0 Å². The molecule has 0 aliphatic rings. The summed E-state index contributed by atoms with van der Waals surface area (Å²) in [6.45, 7) is 6.06. The van der Waals surface area contributed by atoms with Crippen molar-refractivity contribution in [2.75, 3.05) is 0 Å². The number of allylic oxidation sites excluding steroid dienone is 1. The van der Waals surface area contributed by atoms with Crippen molar-refractivity contribution in [2.45, 2.75) is 110 Å². The van der Waals surface area contributed by atoms with Gasteiger partial charge in [-0.25, -0.2) is 0 Å². The maximum absolute atomic E-state index is 3.76. The smallest absolute Gasteiger partial charge is 0.0353 e. The quantitative estimate of drug-likeness (QED) is 0.201. The lowest BCUT2D eigenvalue weighted by Crippen LogP contribution is -1.83. The monoisotopic (exact) mass is 302 g/mol. The topological polar surface area (TPSA) is 0 Å². The molecule has 0 aromatic carbocycles. The van der Waals surface area contributed by atoms with Crippen molar-refractivity contribution in [3.05, 3.63) is 12.7 Å². The standard InChI is InChI=1S/C19H38.ClH/c1-3-5-7-9-11-13-15-17-19-18-16-14-12-10-8-6-4-2;/h3H,1,4-19H2,2H3;1H. The van der Waals surface area contributed by atoms with E-state index in [-0.39, 0.29) is 12.4 Å². The van der Waals surface area contributed by atoms with E-state index in [4.69, 9.17) is 0 Å². The molecule has 0 nitrogen and oxygen atoms in total. The van der Waals surface area contributed by atoms with Crippen LogP contribution in [0.3, 0.4) is 0 Å². The van der Waals surface area contributed by atoms with Gasteiger partial charge >= 0.3 is 0 Å². The summed E-state index contributed by atoms with van der Waals surface area (Å²) in [6, 6.07) is 0. The van der Waals surface area contributed by atoms with E-state index < -0.39 is 0 Å². The number of rotatable bonds is 16. The Balaban J connectivity index is 0. The molecule has 0 radical (unpaired) electrons. The van der Waals surface area contributed by atoms with E-state index >= 15 is 0 Å². The van der Waals surface area contributed by atoms with E-state index in [1.807, 2.05) is 6.08 Å². The lowest BCUT2D eigenvalue weighted by molar-refractivity contribution is 0.533. The van der Waals surface area contributed by atoms with Crippen molar-refractivity contribution in [2.24, 2.45) is 0 Å². The first-order valence-electron chi connectivity index (χ1n) is 9.02. The summed E-state index contributed by atoms with van der Waals surface area (Å²) in [7, 11) is 0. The van der Waals surface area contributed by atoms with Crippen LogP contribution in [0, 0.1) is 0 Å². The van der Waals surface area contributed by atoms with Gasteiger partial charge in [0.25, 0.3) is 0 Å². The Kier molecular flexibility index (Phi) is 23.8. The summed E-state index contributed by atoms with van der Waals surface area (Å²) in [4.78, 5) is 0. The van der Waals surface area contributed by atoms with E-state index in [1.165, 1.54) is 103 Å². The molecule has 0 fully saturated rings. The fourth-order valence-corrected chi connectivity index (χ4v) is 2.66. The van der Waals surface area contributed by atoms with Crippen LogP contribution in [0.5, 0.6) is 0 Å². The molecule has 0 unspecified atom stereocenters. The Morgan fingerprint density at radius 2 is 0.850 bits per heavy atom. The van der Waals surface area contributed by atoms with Gasteiger partial charge in [-0.1, -0.05) is 103 Å². The second-order valence-corrected chi connectivity index (χ2v) is 6.03. The Labute approximate surface area is 135 Å². The van der Waals surface area contributed by atoms with Crippen LogP contribution in [-0.2, 0) is 0 Å². The molecule has 0 rings (SSSR count). The molecule has 0 aromatic rings. The summed E-state index contributed by atoms with van der Waals surface area (Å²) in [5, 5.41) is 0. The zero-order valence-corrected chi connectivity index (χ0v) is 14.8. The second kappa shape index (κ2) is 21.3. The number of hydrogen-bond donors (Lipinski definition) is 0. The Morgan fingerprint density at radius 1 is 0.550 bits per heavy atom. The number of hydrogen-bond acceptors (Lipinski definition) is 0. The Bertz CT molecular complexity index is 165. The van der Waals surface area contributed by atoms with Gasteiger partial charge in [0.2, 0.25) is 0 Å². The third-order valence-corrected chi connectivity index (χ3v) is 4.01. The molecule has 0 saturated heterocycles. The largest absolute Gasteiger partial charge is 0.147 e. The molecule has 0 aromatic heterocycles. The van der Waals surface area contributed by atoms with Gasteiger partial charge in [-0.15, -0.1) is 19.0 Å².